The monoisotopic (exact) mass is 266 g/mol. The van der Waals surface area contributed by atoms with Gasteiger partial charge in [-0.2, -0.15) is 5.26 Å². The second kappa shape index (κ2) is 7.01. The van der Waals surface area contributed by atoms with Crippen LogP contribution in [0.1, 0.15) is 32.1 Å². The Bertz CT molecular complexity index is 322. The van der Waals surface area contributed by atoms with Gasteiger partial charge in [-0.25, -0.2) is 0 Å². The highest BCUT2D eigenvalue weighted by molar-refractivity contribution is 8.13. The van der Waals surface area contributed by atoms with Gasteiger partial charge in [-0.1, -0.05) is 18.2 Å². The van der Waals surface area contributed by atoms with Crippen molar-refractivity contribution in [3.63, 3.8) is 0 Å². The molecule has 0 atom stereocenters. The first kappa shape index (κ1) is 13.7. The molecule has 2 aliphatic heterocycles. The van der Waals surface area contributed by atoms with E-state index in [9.17, 15) is 0 Å². The maximum atomic E-state index is 8.67. The van der Waals surface area contributed by atoms with Gasteiger partial charge in [0.1, 0.15) is 0 Å². The number of thioether (sulfide) groups is 1. The Morgan fingerprint density at radius 2 is 1.83 bits per heavy atom. The molecule has 18 heavy (non-hydrogen) atoms. The summed E-state index contributed by atoms with van der Waals surface area (Å²) < 4.78 is 0. The average Bonchev–Trinajstić information content (AvgIpc) is 2.46. The van der Waals surface area contributed by atoms with Crippen LogP contribution < -0.4 is 0 Å². The molecule has 0 bridgehead atoms. The van der Waals surface area contributed by atoms with Crippen LogP contribution in [0.3, 0.4) is 0 Å². The van der Waals surface area contributed by atoms with Gasteiger partial charge in [0, 0.05) is 19.1 Å². The number of amidine groups is 1. The van der Waals surface area contributed by atoms with Crippen molar-refractivity contribution in [2.24, 2.45) is 4.99 Å². The van der Waals surface area contributed by atoms with Crippen LogP contribution in [0.2, 0.25) is 0 Å². The van der Waals surface area contributed by atoms with Crippen molar-refractivity contribution >= 4 is 16.9 Å². The summed E-state index contributed by atoms with van der Waals surface area (Å²) in [6, 6.07) is 0.756. The summed E-state index contributed by atoms with van der Waals surface area (Å²) in [4.78, 5) is 8.83. The SMILES string of the molecule is CSC(=NC#N)N1CCC(N2CCCCC2)CC1. The van der Waals surface area contributed by atoms with Crippen molar-refractivity contribution < 1.29 is 0 Å². The Morgan fingerprint density at radius 1 is 1.17 bits per heavy atom. The van der Waals surface area contributed by atoms with E-state index in [-0.39, 0.29) is 0 Å². The topological polar surface area (TPSA) is 42.6 Å². The van der Waals surface area contributed by atoms with E-state index < -0.39 is 0 Å². The number of hydrogen-bond donors (Lipinski definition) is 0. The summed E-state index contributed by atoms with van der Waals surface area (Å²) in [5.74, 6) is 0. The van der Waals surface area contributed by atoms with Crippen LogP contribution in [-0.2, 0) is 0 Å². The zero-order valence-electron chi connectivity index (χ0n) is 11.1. The number of piperidine rings is 2. The lowest BCUT2D eigenvalue weighted by Gasteiger charge is -2.40. The van der Waals surface area contributed by atoms with Crippen LogP contribution in [-0.4, -0.2) is 53.4 Å². The van der Waals surface area contributed by atoms with Crippen molar-refractivity contribution in [3.8, 4) is 6.19 Å². The summed E-state index contributed by atoms with van der Waals surface area (Å²) in [6.45, 7) is 4.66. The quantitative estimate of drug-likeness (QED) is 0.414. The Hall–Kier alpha value is -0.730. The fourth-order valence-electron chi connectivity index (χ4n) is 2.99. The fraction of sp³-hybridized carbons (Fsp3) is 0.846. The summed E-state index contributed by atoms with van der Waals surface area (Å²) in [5.41, 5.74) is 0. The summed E-state index contributed by atoms with van der Waals surface area (Å²) >= 11 is 1.58. The van der Waals surface area contributed by atoms with Crippen molar-refractivity contribution in [1.82, 2.24) is 9.80 Å². The molecular weight excluding hydrogens is 244 g/mol. The van der Waals surface area contributed by atoms with Gasteiger partial charge >= 0.3 is 0 Å². The number of nitrogens with zero attached hydrogens (tertiary/aromatic N) is 4. The Kier molecular flexibility index (Phi) is 5.33. The van der Waals surface area contributed by atoms with Crippen LogP contribution in [0, 0.1) is 11.5 Å². The molecule has 2 saturated heterocycles. The highest BCUT2D eigenvalue weighted by Crippen LogP contribution is 2.22. The van der Waals surface area contributed by atoms with Crippen molar-refractivity contribution in [2.45, 2.75) is 38.1 Å². The van der Waals surface area contributed by atoms with Gasteiger partial charge in [0.2, 0.25) is 6.19 Å². The zero-order chi connectivity index (χ0) is 12.8. The van der Waals surface area contributed by atoms with Gasteiger partial charge < -0.3 is 9.80 Å². The molecule has 0 unspecified atom stereocenters. The van der Waals surface area contributed by atoms with E-state index in [1.54, 1.807) is 11.8 Å². The van der Waals surface area contributed by atoms with Gasteiger partial charge in [-0.15, -0.1) is 4.99 Å². The molecule has 4 nitrogen and oxygen atoms in total. The molecule has 2 heterocycles. The molecule has 0 aromatic carbocycles. The van der Waals surface area contributed by atoms with Crippen molar-refractivity contribution in [2.75, 3.05) is 32.4 Å². The van der Waals surface area contributed by atoms with Crippen LogP contribution in [0.4, 0.5) is 0 Å². The first-order valence-electron chi connectivity index (χ1n) is 6.85. The second-order valence-electron chi connectivity index (χ2n) is 5.01. The van der Waals surface area contributed by atoms with E-state index >= 15 is 0 Å². The molecule has 2 aliphatic rings. The highest BCUT2D eigenvalue weighted by Gasteiger charge is 2.26. The lowest BCUT2D eigenvalue weighted by Crippen LogP contribution is -2.47. The normalized spacial score (nSPS) is 24.0. The average molecular weight is 266 g/mol. The minimum atomic E-state index is 0.756. The summed E-state index contributed by atoms with van der Waals surface area (Å²) in [6.07, 6.45) is 10.5. The molecule has 0 radical (unpaired) electrons. The Morgan fingerprint density at radius 3 is 2.39 bits per heavy atom. The van der Waals surface area contributed by atoms with Gasteiger partial charge in [-0.3, -0.25) is 0 Å². The van der Waals surface area contributed by atoms with Gasteiger partial charge in [0.25, 0.3) is 0 Å². The molecule has 2 fully saturated rings. The van der Waals surface area contributed by atoms with E-state index in [0.717, 1.165) is 24.3 Å². The Balaban J connectivity index is 1.84. The summed E-state index contributed by atoms with van der Waals surface area (Å²) in [5, 5.41) is 9.55. The molecule has 0 saturated carbocycles. The Labute approximate surface area is 114 Å². The van der Waals surface area contributed by atoms with Gasteiger partial charge in [-0.05, 0) is 45.0 Å². The van der Waals surface area contributed by atoms with E-state index in [0.29, 0.717) is 0 Å². The molecule has 0 aromatic heterocycles. The standard InChI is InChI=1S/C13H22N4S/c1-18-13(15-11-14)17-9-5-12(6-10-17)16-7-3-2-4-8-16/h12H,2-10H2,1H3. The predicted octanol–water partition coefficient (Wildman–Crippen LogP) is 2.14. The molecule has 100 valence electrons. The minimum Gasteiger partial charge on any atom is -0.350 e. The molecule has 2 rings (SSSR count). The molecule has 5 heteroatoms. The number of nitriles is 1. The first-order chi connectivity index (χ1) is 8.85. The fourth-order valence-corrected chi connectivity index (χ4v) is 3.57. The third-order valence-electron chi connectivity index (χ3n) is 3.97. The van der Waals surface area contributed by atoms with Crippen LogP contribution in [0.15, 0.2) is 4.99 Å². The van der Waals surface area contributed by atoms with Crippen molar-refractivity contribution in [3.05, 3.63) is 0 Å². The number of rotatable bonds is 1. The molecular formula is C13H22N4S. The third-order valence-corrected chi connectivity index (χ3v) is 4.68. The first-order valence-corrected chi connectivity index (χ1v) is 8.07. The number of aliphatic imine (C=N–C) groups is 1. The largest absolute Gasteiger partial charge is 0.350 e. The van der Waals surface area contributed by atoms with Crippen molar-refractivity contribution in [1.29, 1.82) is 5.26 Å². The van der Waals surface area contributed by atoms with E-state index in [2.05, 4.69) is 14.8 Å². The second-order valence-corrected chi connectivity index (χ2v) is 5.79. The maximum absolute atomic E-state index is 8.67. The van der Waals surface area contributed by atoms with E-state index in [1.807, 2.05) is 12.4 Å². The third kappa shape index (κ3) is 3.39. The lowest BCUT2D eigenvalue weighted by molar-refractivity contribution is 0.116. The molecule has 0 N–H and O–H groups in total. The van der Waals surface area contributed by atoms with Crippen LogP contribution in [0.5, 0.6) is 0 Å². The lowest BCUT2D eigenvalue weighted by atomic mass is 10.0. The summed E-state index contributed by atoms with van der Waals surface area (Å²) in [7, 11) is 0. The van der Waals surface area contributed by atoms with Crippen LogP contribution >= 0.6 is 11.8 Å². The van der Waals surface area contributed by atoms with Gasteiger partial charge in [0.05, 0.1) is 0 Å². The van der Waals surface area contributed by atoms with E-state index in [4.69, 9.17) is 5.26 Å². The smallest absolute Gasteiger partial charge is 0.208 e. The molecule has 0 amide bonds. The number of hydrogen-bond acceptors (Lipinski definition) is 4. The number of likely N-dealkylation sites (tertiary alicyclic amines) is 2. The maximum Gasteiger partial charge on any atom is 0.208 e. The molecule has 0 aliphatic carbocycles. The van der Waals surface area contributed by atoms with Crippen LogP contribution in [0.25, 0.3) is 0 Å². The van der Waals surface area contributed by atoms with Gasteiger partial charge in [0.15, 0.2) is 5.17 Å². The highest BCUT2D eigenvalue weighted by atomic mass is 32.2. The minimum absolute atomic E-state index is 0.756. The van der Waals surface area contributed by atoms with E-state index in [1.165, 1.54) is 45.2 Å². The predicted molar refractivity (Wildman–Crippen MR) is 76.6 cm³/mol. The molecule has 0 spiro atoms. The molecule has 0 aromatic rings. The zero-order valence-corrected chi connectivity index (χ0v) is 12.0.